The molecule has 0 bridgehead atoms. The zero-order valence-corrected chi connectivity index (χ0v) is 20.6. The van der Waals surface area contributed by atoms with Crippen LogP contribution in [0.15, 0.2) is 54.6 Å². The second-order valence-corrected chi connectivity index (χ2v) is 10.4. The minimum absolute atomic E-state index is 0.129. The number of benzene rings is 2. The lowest BCUT2D eigenvalue weighted by Gasteiger charge is -2.50. The highest BCUT2D eigenvalue weighted by Gasteiger charge is 2.46. The van der Waals surface area contributed by atoms with Crippen LogP contribution < -0.4 is 4.74 Å². The van der Waals surface area contributed by atoms with Gasteiger partial charge in [0.25, 0.3) is 5.91 Å². The molecule has 1 unspecified atom stereocenters. The van der Waals surface area contributed by atoms with Crippen LogP contribution in [0, 0.1) is 0 Å². The number of nitrogens with zero attached hydrogens (tertiary/aromatic N) is 2. The third kappa shape index (κ3) is 6.99. The van der Waals surface area contributed by atoms with Crippen LogP contribution in [0.25, 0.3) is 0 Å². The van der Waals surface area contributed by atoms with Crippen molar-refractivity contribution in [3.05, 3.63) is 65.7 Å². The number of amides is 1. The summed E-state index contributed by atoms with van der Waals surface area (Å²) in [7, 11) is 0. The molecule has 2 aromatic rings. The second-order valence-electron chi connectivity index (χ2n) is 10.4. The molecule has 1 atom stereocenters. The van der Waals surface area contributed by atoms with Gasteiger partial charge in [-0.3, -0.25) is 9.69 Å². The number of carbonyl (C=O) groups is 1. The summed E-state index contributed by atoms with van der Waals surface area (Å²) in [6, 6.07) is 16.1. The summed E-state index contributed by atoms with van der Waals surface area (Å²) in [6.07, 6.45) is -3.83. The standard InChI is InChI=1S/C27H33F3N2O4/c1-25(2,34)19-35-22-10-8-21(9-11-22)24(33)32-14-12-26(13-15-32)17-31(18-27(28,29)30)16-23(36-26)20-6-4-3-5-7-20/h3-11,23,34H,12-19H2,1-2H3. The van der Waals surface area contributed by atoms with Gasteiger partial charge in [-0.25, -0.2) is 0 Å². The molecule has 4 rings (SSSR count). The fourth-order valence-electron chi connectivity index (χ4n) is 4.83. The molecule has 9 heteroatoms. The van der Waals surface area contributed by atoms with Gasteiger partial charge in [0.05, 0.1) is 23.9 Å². The molecule has 6 nitrogen and oxygen atoms in total. The van der Waals surface area contributed by atoms with E-state index >= 15 is 0 Å². The molecule has 1 spiro atoms. The van der Waals surface area contributed by atoms with Gasteiger partial charge in [0.15, 0.2) is 0 Å². The smallest absolute Gasteiger partial charge is 0.401 e. The first-order valence-corrected chi connectivity index (χ1v) is 12.2. The van der Waals surface area contributed by atoms with Gasteiger partial charge in [-0.05, 0) is 56.5 Å². The predicted molar refractivity (Wildman–Crippen MR) is 129 cm³/mol. The average Bonchev–Trinajstić information content (AvgIpc) is 2.82. The molecule has 36 heavy (non-hydrogen) atoms. The number of likely N-dealkylation sites (tertiary alicyclic amines) is 1. The van der Waals surface area contributed by atoms with Crippen molar-refractivity contribution in [3.8, 4) is 5.75 Å². The molecule has 2 aliphatic heterocycles. The van der Waals surface area contributed by atoms with Crippen LogP contribution in [0.4, 0.5) is 13.2 Å². The van der Waals surface area contributed by atoms with Crippen molar-refractivity contribution in [2.24, 2.45) is 0 Å². The Balaban J connectivity index is 1.41. The number of aliphatic hydroxyl groups is 1. The number of hydrogen-bond donors (Lipinski definition) is 1. The van der Waals surface area contributed by atoms with E-state index in [0.29, 0.717) is 37.2 Å². The minimum Gasteiger partial charge on any atom is -0.491 e. The fourth-order valence-corrected chi connectivity index (χ4v) is 4.83. The van der Waals surface area contributed by atoms with Crippen LogP contribution in [-0.4, -0.2) is 77.5 Å². The quantitative estimate of drug-likeness (QED) is 0.628. The number of ether oxygens (including phenoxy) is 2. The number of alkyl halides is 3. The maximum atomic E-state index is 13.3. The molecule has 2 saturated heterocycles. The van der Waals surface area contributed by atoms with Crippen LogP contribution >= 0.6 is 0 Å². The third-order valence-electron chi connectivity index (χ3n) is 6.56. The van der Waals surface area contributed by atoms with Crippen molar-refractivity contribution in [2.75, 3.05) is 39.3 Å². The number of piperidine rings is 1. The van der Waals surface area contributed by atoms with Gasteiger partial charge >= 0.3 is 6.18 Å². The summed E-state index contributed by atoms with van der Waals surface area (Å²) in [5.41, 5.74) is -0.342. The molecule has 2 aliphatic rings. The van der Waals surface area contributed by atoms with Crippen molar-refractivity contribution < 1.29 is 32.5 Å². The molecule has 2 heterocycles. The average molecular weight is 507 g/mol. The van der Waals surface area contributed by atoms with E-state index in [1.807, 2.05) is 30.3 Å². The Morgan fingerprint density at radius 3 is 2.31 bits per heavy atom. The Hall–Kier alpha value is -2.62. The first-order chi connectivity index (χ1) is 16.9. The summed E-state index contributed by atoms with van der Waals surface area (Å²) in [6.45, 7) is 3.61. The second kappa shape index (κ2) is 10.4. The van der Waals surface area contributed by atoms with Gasteiger partial charge in [-0.2, -0.15) is 13.2 Å². The van der Waals surface area contributed by atoms with Crippen molar-refractivity contribution in [3.63, 3.8) is 0 Å². The normalized spacial score (nSPS) is 20.9. The third-order valence-corrected chi connectivity index (χ3v) is 6.56. The largest absolute Gasteiger partial charge is 0.491 e. The Morgan fingerprint density at radius 1 is 1.08 bits per heavy atom. The molecule has 196 valence electrons. The molecule has 1 amide bonds. The molecule has 0 saturated carbocycles. The lowest BCUT2D eigenvalue weighted by atomic mass is 9.87. The summed E-state index contributed by atoms with van der Waals surface area (Å²) >= 11 is 0. The number of halogens is 3. The highest BCUT2D eigenvalue weighted by atomic mass is 19.4. The summed E-state index contributed by atoms with van der Waals surface area (Å²) in [5.74, 6) is 0.417. The van der Waals surface area contributed by atoms with Gasteiger partial charge in [-0.15, -0.1) is 0 Å². The molecule has 2 aromatic carbocycles. The highest BCUT2D eigenvalue weighted by molar-refractivity contribution is 5.94. The van der Waals surface area contributed by atoms with Gasteiger partial charge in [0.2, 0.25) is 0 Å². The SMILES string of the molecule is CC(C)(O)COc1ccc(C(=O)N2CCC3(CC2)CN(CC(F)(F)F)CC(c2ccccc2)O3)cc1. The molecule has 1 N–H and O–H groups in total. The molecule has 0 aliphatic carbocycles. The molecule has 0 aromatic heterocycles. The van der Waals surface area contributed by atoms with E-state index in [1.165, 1.54) is 4.90 Å². The van der Waals surface area contributed by atoms with Crippen LogP contribution in [0.3, 0.4) is 0 Å². The maximum Gasteiger partial charge on any atom is 0.401 e. The number of morpholine rings is 1. The minimum atomic E-state index is -4.29. The number of rotatable bonds is 6. The molecule has 0 radical (unpaired) electrons. The van der Waals surface area contributed by atoms with Gasteiger partial charge in [-0.1, -0.05) is 30.3 Å². The van der Waals surface area contributed by atoms with E-state index in [4.69, 9.17) is 9.47 Å². The molecular formula is C27H33F3N2O4. The zero-order valence-electron chi connectivity index (χ0n) is 20.6. The molecular weight excluding hydrogens is 473 g/mol. The van der Waals surface area contributed by atoms with E-state index in [0.717, 1.165) is 5.56 Å². The summed E-state index contributed by atoms with van der Waals surface area (Å²) in [5, 5.41) is 9.80. The topological polar surface area (TPSA) is 62.2 Å². The van der Waals surface area contributed by atoms with Crippen LogP contribution in [0.2, 0.25) is 0 Å². The number of hydrogen-bond acceptors (Lipinski definition) is 5. The van der Waals surface area contributed by atoms with Gasteiger partial charge < -0.3 is 19.5 Å². The van der Waals surface area contributed by atoms with Gasteiger partial charge in [0.1, 0.15) is 12.4 Å². The van der Waals surface area contributed by atoms with E-state index < -0.39 is 30.0 Å². The lowest BCUT2D eigenvalue weighted by Crippen LogP contribution is -2.59. The first kappa shape index (κ1) is 26.4. The van der Waals surface area contributed by atoms with E-state index in [9.17, 15) is 23.1 Å². The Bertz CT molecular complexity index is 1010. The summed E-state index contributed by atoms with van der Waals surface area (Å²) < 4.78 is 51.8. The molecule has 2 fully saturated rings. The Kier molecular flexibility index (Phi) is 7.64. The lowest BCUT2D eigenvalue weighted by molar-refractivity contribution is -0.205. The van der Waals surface area contributed by atoms with Gasteiger partial charge in [0, 0.05) is 31.7 Å². The van der Waals surface area contributed by atoms with Crippen LogP contribution in [-0.2, 0) is 4.74 Å². The maximum absolute atomic E-state index is 13.3. The number of carbonyl (C=O) groups excluding carboxylic acids is 1. The van der Waals surface area contributed by atoms with Crippen molar-refractivity contribution in [1.29, 1.82) is 0 Å². The van der Waals surface area contributed by atoms with Crippen molar-refractivity contribution in [1.82, 2.24) is 9.80 Å². The monoisotopic (exact) mass is 506 g/mol. The van der Waals surface area contributed by atoms with E-state index in [-0.39, 0.29) is 25.6 Å². The van der Waals surface area contributed by atoms with E-state index in [2.05, 4.69) is 0 Å². The van der Waals surface area contributed by atoms with Crippen LogP contribution in [0.1, 0.15) is 48.7 Å². The van der Waals surface area contributed by atoms with Crippen molar-refractivity contribution in [2.45, 2.75) is 50.2 Å². The predicted octanol–water partition coefficient (Wildman–Crippen LogP) is 4.45. The summed E-state index contributed by atoms with van der Waals surface area (Å²) in [4.78, 5) is 16.2. The highest BCUT2D eigenvalue weighted by Crippen LogP contribution is 2.39. The fraction of sp³-hybridized carbons (Fsp3) is 0.519. The zero-order chi connectivity index (χ0) is 26.0. The van der Waals surface area contributed by atoms with Crippen molar-refractivity contribution >= 4 is 5.91 Å². The first-order valence-electron chi connectivity index (χ1n) is 12.2. The Morgan fingerprint density at radius 2 is 1.72 bits per heavy atom. The van der Waals surface area contributed by atoms with E-state index in [1.54, 1.807) is 43.0 Å². The Labute approximate surface area is 209 Å². The van der Waals surface area contributed by atoms with Crippen LogP contribution in [0.5, 0.6) is 5.75 Å².